The Morgan fingerprint density at radius 1 is 0.660 bits per heavy atom. The van der Waals surface area contributed by atoms with Crippen LogP contribution in [-0.2, 0) is 10.8 Å². The molecule has 3 aromatic rings. The van der Waals surface area contributed by atoms with Crippen LogP contribution < -0.4 is 0 Å². The van der Waals surface area contributed by atoms with Gasteiger partial charge in [0, 0.05) is 11.1 Å². The summed E-state index contributed by atoms with van der Waals surface area (Å²) in [6.45, 7) is 15.1. The average molecular weight is 679 g/mol. The summed E-state index contributed by atoms with van der Waals surface area (Å²) in [5, 5.41) is 0. The minimum Gasteiger partial charge on any atom is -0.361 e. The van der Waals surface area contributed by atoms with E-state index in [1.54, 1.807) is 0 Å². The highest BCUT2D eigenvalue weighted by atomic mass is 32.1. The van der Waals surface area contributed by atoms with Crippen LogP contribution in [0.3, 0.4) is 0 Å². The lowest BCUT2D eigenvalue weighted by Gasteiger charge is -2.71. The van der Waals surface area contributed by atoms with Gasteiger partial charge >= 0.3 is 5.71 Å². The van der Waals surface area contributed by atoms with Gasteiger partial charge in [0.15, 0.2) is 0 Å². The first-order valence-electron chi connectivity index (χ1n) is 17.1. The summed E-state index contributed by atoms with van der Waals surface area (Å²) in [6.07, 6.45) is 7.47. The van der Waals surface area contributed by atoms with E-state index in [0.717, 1.165) is 61.8 Å². The number of thiol groups is 3. The Hall–Kier alpha value is -2.35. The Morgan fingerprint density at radius 3 is 1.45 bits per heavy atom. The number of benzene rings is 3. The standard InChI is InChI=1S/C42H50N2S3/c1-27-14-32(15-28(2)35(27)37(44-43)36-29(3)16-34(17-30(36)4)38(5,6)7)9-8-31-10-12-33(13-11-31)42-21-39(24-45)18-40(22-42,25-46)20-41(19-39,23-42)26-47/h10-17,45-47H,18-26H2,1-7H3. The lowest BCUT2D eigenvalue weighted by atomic mass is 9.35. The molecule has 3 aromatic carbocycles. The molecule has 4 saturated carbocycles. The molecule has 4 fully saturated rings. The van der Waals surface area contributed by atoms with E-state index in [1.807, 2.05) is 0 Å². The van der Waals surface area contributed by atoms with Crippen molar-refractivity contribution in [1.82, 2.24) is 0 Å². The molecule has 0 amide bonds. The van der Waals surface area contributed by atoms with Crippen molar-refractivity contribution in [2.75, 3.05) is 17.3 Å². The van der Waals surface area contributed by atoms with Gasteiger partial charge in [-0.25, -0.2) is 0 Å². The quantitative estimate of drug-likeness (QED) is 0.0763. The van der Waals surface area contributed by atoms with Crippen molar-refractivity contribution < 1.29 is 4.79 Å². The van der Waals surface area contributed by atoms with E-state index < -0.39 is 0 Å². The largest absolute Gasteiger partial charge is 0.361 e. The molecular formula is C42H50N2S3. The topological polar surface area (TPSA) is 36.4 Å². The van der Waals surface area contributed by atoms with Gasteiger partial charge in [-0.05, 0) is 168 Å². The van der Waals surface area contributed by atoms with Crippen LogP contribution in [0, 0.1) is 55.8 Å². The Balaban J connectivity index is 1.28. The predicted octanol–water partition coefficient (Wildman–Crippen LogP) is 10.1. The first-order chi connectivity index (χ1) is 22.1. The summed E-state index contributed by atoms with van der Waals surface area (Å²) in [5.41, 5.74) is 23.0. The second kappa shape index (κ2) is 12.2. The van der Waals surface area contributed by atoms with Crippen LogP contribution in [0.1, 0.15) is 115 Å². The van der Waals surface area contributed by atoms with E-state index in [-0.39, 0.29) is 27.1 Å². The summed E-state index contributed by atoms with van der Waals surface area (Å²) < 4.78 is 0. The third kappa shape index (κ3) is 6.07. The van der Waals surface area contributed by atoms with Crippen molar-refractivity contribution in [2.24, 2.45) is 16.2 Å². The van der Waals surface area contributed by atoms with Gasteiger partial charge in [0.2, 0.25) is 0 Å². The van der Waals surface area contributed by atoms with E-state index in [4.69, 9.17) is 37.9 Å². The molecule has 2 nitrogen and oxygen atoms in total. The van der Waals surface area contributed by atoms with E-state index in [2.05, 4.69) is 114 Å². The molecule has 0 aromatic heterocycles. The molecule has 5 heteroatoms. The fraction of sp³-hybridized carbons (Fsp3) is 0.500. The highest BCUT2D eigenvalue weighted by Crippen LogP contribution is 2.74. The number of rotatable bonds is 6. The zero-order chi connectivity index (χ0) is 34.0. The van der Waals surface area contributed by atoms with Crippen LogP contribution in [-0.4, -0.2) is 27.8 Å². The molecule has 7 rings (SSSR count). The third-order valence-electron chi connectivity index (χ3n) is 11.7. The van der Waals surface area contributed by atoms with E-state index in [9.17, 15) is 5.53 Å². The highest BCUT2D eigenvalue weighted by Gasteiger charge is 2.67. The summed E-state index contributed by atoms with van der Waals surface area (Å²) in [4.78, 5) is 3.86. The lowest BCUT2D eigenvalue weighted by molar-refractivity contribution is -0.145. The monoisotopic (exact) mass is 678 g/mol. The van der Waals surface area contributed by atoms with Gasteiger partial charge in [-0.1, -0.05) is 56.9 Å². The Bertz CT molecular complexity index is 1740. The van der Waals surface area contributed by atoms with Gasteiger partial charge in [-0.3, -0.25) is 0 Å². The van der Waals surface area contributed by atoms with Crippen molar-refractivity contribution >= 4 is 43.6 Å². The molecule has 246 valence electrons. The second-order valence-corrected chi connectivity index (χ2v) is 17.8. The van der Waals surface area contributed by atoms with E-state index in [0.29, 0.717) is 5.71 Å². The molecular weight excluding hydrogens is 629 g/mol. The summed E-state index contributed by atoms with van der Waals surface area (Å²) >= 11 is 14.8. The maximum Gasteiger partial charge on any atom is 0.330 e. The Labute approximate surface area is 299 Å². The molecule has 0 atom stereocenters. The van der Waals surface area contributed by atoms with Crippen LogP contribution >= 0.6 is 37.9 Å². The number of hydrogen-bond acceptors (Lipinski definition) is 3. The smallest absolute Gasteiger partial charge is 0.330 e. The lowest BCUT2D eigenvalue weighted by Crippen LogP contribution is -2.64. The molecule has 0 unspecified atom stereocenters. The van der Waals surface area contributed by atoms with Crippen LogP contribution in [0.2, 0.25) is 0 Å². The van der Waals surface area contributed by atoms with Crippen molar-refractivity contribution in [3.8, 4) is 11.8 Å². The third-order valence-corrected chi connectivity index (χ3v) is 13.8. The summed E-state index contributed by atoms with van der Waals surface area (Å²) in [7, 11) is 0. The van der Waals surface area contributed by atoms with E-state index >= 15 is 0 Å². The van der Waals surface area contributed by atoms with E-state index in [1.165, 1.54) is 49.7 Å². The zero-order valence-electron chi connectivity index (χ0n) is 29.2. The SMILES string of the molecule is Cc1cc(C#Cc2ccc(C34CC5(CS)CC(CS)(CC(CS)(C5)C3)C4)cc2)cc(C)c1C(=[N+]=[N-])c1c(C)cc(C(C)(C)C)cc1C. The first kappa shape index (κ1) is 34.5. The fourth-order valence-electron chi connectivity index (χ4n) is 10.6. The minimum atomic E-state index is 0.0468. The fourth-order valence-corrected chi connectivity index (χ4v) is 11.6. The Morgan fingerprint density at radius 2 is 1.06 bits per heavy atom. The molecule has 0 N–H and O–H groups in total. The van der Waals surface area contributed by atoms with Crippen LogP contribution in [0.25, 0.3) is 5.53 Å². The van der Waals surface area contributed by atoms with Gasteiger partial charge in [-0.2, -0.15) is 42.7 Å². The van der Waals surface area contributed by atoms with Gasteiger partial charge < -0.3 is 5.53 Å². The first-order valence-corrected chi connectivity index (χ1v) is 19.0. The van der Waals surface area contributed by atoms with Crippen molar-refractivity contribution in [2.45, 2.75) is 97.8 Å². The van der Waals surface area contributed by atoms with Crippen LogP contribution in [0.4, 0.5) is 0 Å². The normalized spacial score (nSPS) is 27.7. The summed E-state index contributed by atoms with van der Waals surface area (Å²) in [5.74, 6) is 9.73. The molecule has 4 bridgehead atoms. The van der Waals surface area contributed by atoms with Gasteiger partial charge in [0.25, 0.3) is 0 Å². The predicted molar refractivity (Wildman–Crippen MR) is 208 cm³/mol. The van der Waals surface area contributed by atoms with Crippen LogP contribution in [0.15, 0.2) is 48.5 Å². The molecule has 47 heavy (non-hydrogen) atoms. The van der Waals surface area contributed by atoms with Gasteiger partial charge in [-0.15, -0.1) is 0 Å². The molecule has 0 heterocycles. The van der Waals surface area contributed by atoms with Gasteiger partial charge in [0.1, 0.15) is 0 Å². The number of aryl methyl sites for hydroxylation is 4. The molecule has 0 radical (unpaired) electrons. The minimum absolute atomic E-state index is 0.0468. The zero-order valence-corrected chi connectivity index (χ0v) is 31.9. The van der Waals surface area contributed by atoms with Crippen LogP contribution in [0.5, 0.6) is 0 Å². The average Bonchev–Trinajstić information content (AvgIpc) is 3.01. The molecule has 0 saturated heterocycles. The number of hydrogen-bond donors (Lipinski definition) is 3. The molecule has 4 aliphatic rings. The Kier molecular flexibility index (Phi) is 8.96. The molecule has 4 aliphatic carbocycles. The molecule has 0 aliphatic heterocycles. The maximum atomic E-state index is 10.3. The second-order valence-electron chi connectivity index (χ2n) is 16.8. The van der Waals surface area contributed by atoms with Crippen molar-refractivity contribution in [1.29, 1.82) is 0 Å². The highest BCUT2D eigenvalue weighted by molar-refractivity contribution is 7.80. The maximum absolute atomic E-state index is 10.3. The molecule has 0 spiro atoms. The van der Waals surface area contributed by atoms with Crippen molar-refractivity contribution in [3.63, 3.8) is 0 Å². The summed E-state index contributed by atoms with van der Waals surface area (Å²) in [6, 6.07) is 17.8. The van der Waals surface area contributed by atoms with Crippen molar-refractivity contribution in [3.05, 3.63) is 110 Å². The van der Waals surface area contributed by atoms with Gasteiger partial charge in [0.05, 0.1) is 11.1 Å². The number of nitrogens with zero attached hydrogens (tertiary/aromatic N) is 2.